The second-order valence-corrected chi connectivity index (χ2v) is 5.46. The Morgan fingerprint density at radius 2 is 1.86 bits per heavy atom. The quantitative estimate of drug-likeness (QED) is 0.420. The van der Waals surface area contributed by atoms with Crippen LogP contribution >= 0.6 is 0 Å². The van der Waals surface area contributed by atoms with Gasteiger partial charge >= 0.3 is 0 Å². The predicted octanol–water partition coefficient (Wildman–Crippen LogP) is -1.64. The van der Waals surface area contributed by atoms with E-state index in [4.69, 9.17) is 0 Å². The number of nitrogens with one attached hydrogen (secondary N) is 2. The van der Waals surface area contributed by atoms with Crippen molar-refractivity contribution in [2.45, 2.75) is 51.4 Å². The number of amides is 3. The first-order valence-corrected chi connectivity index (χ1v) is 7.56. The molecule has 0 bridgehead atoms. The third-order valence-electron chi connectivity index (χ3n) is 3.59. The van der Waals surface area contributed by atoms with Gasteiger partial charge in [-0.3, -0.25) is 14.4 Å². The second-order valence-electron chi connectivity index (χ2n) is 5.46. The van der Waals surface area contributed by atoms with Crippen LogP contribution < -0.4 is 10.6 Å². The maximum absolute atomic E-state index is 12.2. The molecule has 1 heterocycles. The molecule has 22 heavy (non-hydrogen) atoms. The number of rotatable bonds is 7. The molecule has 8 heteroatoms. The lowest BCUT2D eigenvalue weighted by atomic mass is 10.1. The summed E-state index contributed by atoms with van der Waals surface area (Å²) in [6, 6.07) is -1.13. The summed E-state index contributed by atoms with van der Waals surface area (Å²) in [6.07, 6.45) is 0.302. The molecule has 3 atom stereocenters. The summed E-state index contributed by atoms with van der Waals surface area (Å²) >= 11 is 0. The molecule has 0 saturated carbocycles. The number of unbranched alkanes of at least 4 members (excludes halogenated alkanes) is 2. The van der Waals surface area contributed by atoms with Crippen molar-refractivity contribution in [3.05, 3.63) is 0 Å². The monoisotopic (exact) mass is 315 g/mol. The van der Waals surface area contributed by atoms with Crippen LogP contribution in [0.1, 0.15) is 33.1 Å². The highest BCUT2D eigenvalue weighted by molar-refractivity contribution is 5.91. The summed E-state index contributed by atoms with van der Waals surface area (Å²) in [5.74, 6) is -1.37. The number of nitrogens with zero attached hydrogens (tertiary/aromatic N) is 1. The molecule has 0 radical (unpaired) electrons. The average Bonchev–Trinajstić information content (AvgIpc) is 2.77. The number of aliphatic hydroxyl groups is 2. The van der Waals surface area contributed by atoms with Crippen LogP contribution in [-0.2, 0) is 14.4 Å². The van der Waals surface area contributed by atoms with Gasteiger partial charge in [0.15, 0.2) is 0 Å². The van der Waals surface area contributed by atoms with Crippen LogP contribution in [0.15, 0.2) is 0 Å². The molecule has 1 saturated heterocycles. The van der Waals surface area contributed by atoms with Gasteiger partial charge in [0.2, 0.25) is 17.7 Å². The molecule has 1 unspecified atom stereocenters. The molecule has 0 aromatic heterocycles. The number of hydrogen-bond acceptors (Lipinski definition) is 5. The highest BCUT2D eigenvalue weighted by Crippen LogP contribution is 2.19. The molecule has 0 aromatic rings. The summed E-state index contributed by atoms with van der Waals surface area (Å²) < 4.78 is 0. The second kappa shape index (κ2) is 8.70. The number of β-amino-alcohol motifs (C(OH)–C–C–N with tert-alkyl or cyclic N) is 1. The first-order valence-electron chi connectivity index (χ1n) is 7.56. The summed E-state index contributed by atoms with van der Waals surface area (Å²) in [7, 11) is 0. The van der Waals surface area contributed by atoms with Crippen LogP contribution in [0.25, 0.3) is 0 Å². The molecule has 0 aromatic carbocycles. The van der Waals surface area contributed by atoms with Crippen molar-refractivity contribution in [3.8, 4) is 0 Å². The van der Waals surface area contributed by atoms with Crippen LogP contribution in [-0.4, -0.2) is 70.7 Å². The molecule has 1 fully saturated rings. The summed E-state index contributed by atoms with van der Waals surface area (Å²) in [4.78, 5) is 36.2. The van der Waals surface area contributed by atoms with Crippen LogP contribution in [0.2, 0.25) is 0 Å². The molecular weight excluding hydrogens is 290 g/mol. The van der Waals surface area contributed by atoms with E-state index in [0.717, 1.165) is 24.2 Å². The first-order chi connectivity index (χ1) is 10.4. The molecule has 0 aliphatic carbocycles. The Bertz CT molecular complexity index is 415. The van der Waals surface area contributed by atoms with Crippen LogP contribution in [0, 0.1) is 0 Å². The summed E-state index contributed by atoms with van der Waals surface area (Å²) in [5.41, 5.74) is 0. The third-order valence-corrected chi connectivity index (χ3v) is 3.59. The highest BCUT2D eigenvalue weighted by Gasteiger charge is 2.46. The van der Waals surface area contributed by atoms with Gasteiger partial charge in [0.05, 0.1) is 19.2 Å². The van der Waals surface area contributed by atoms with E-state index in [1.165, 1.54) is 6.92 Å². The van der Waals surface area contributed by atoms with E-state index in [-0.39, 0.29) is 19.0 Å². The largest absolute Gasteiger partial charge is 0.388 e. The topological polar surface area (TPSA) is 119 Å². The summed E-state index contributed by atoms with van der Waals surface area (Å²) in [5, 5.41) is 24.7. The first kappa shape index (κ1) is 18.4. The van der Waals surface area contributed by atoms with Gasteiger partial charge in [-0.2, -0.15) is 0 Å². The van der Waals surface area contributed by atoms with Gasteiger partial charge in [-0.25, -0.2) is 0 Å². The Hall–Kier alpha value is -1.67. The molecule has 1 rings (SSSR count). The van der Waals surface area contributed by atoms with Crippen molar-refractivity contribution in [2.75, 3.05) is 19.6 Å². The molecule has 3 amide bonds. The van der Waals surface area contributed by atoms with Gasteiger partial charge in [-0.1, -0.05) is 19.8 Å². The zero-order valence-corrected chi connectivity index (χ0v) is 13.0. The highest BCUT2D eigenvalue weighted by atomic mass is 16.3. The van der Waals surface area contributed by atoms with Crippen molar-refractivity contribution < 1.29 is 24.6 Å². The van der Waals surface area contributed by atoms with E-state index in [2.05, 4.69) is 10.6 Å². The van der Waals surface area contributed by atoms with Crippen LogP contribution in [0.3, 0.4) is 0 Å². The summed E-state index contributed by atoms with van der Waals surface area (Å²) in [6.45, 7) is 3.38. The van der Waals surface area contributed by atoms with Crippen LogP contribution in [0.5, 0.6) is 0 Å². The van der Waals surface area contributed by atoms with Crippen molar-refractivity contribution in [1.29, 1.82) is 0 Å². The van der Waals surface area contributed by atoms with Crippen molar-refractivity contribution >= 4 is 17.7 Å². The van der Waals surface area contributed by atoms with E-state index in [0.29, 0.717) is 6.54 Å². The fourth-order valence-electron chi connectivity index (χ4n) is 2.36. The zero-order chi connectivity index (χ0) is 16.7. The molecule has 126 valence electrons. The minimum atomic E-state index is -1.33. The standard InChI is InChI=1S/C14H25N3O5/c1-3-4-5-6-15-14(22)12-13(21)10(19)8-17(12)11(20)7-16-9(2)18/h10,12-13,19,21H,3-8H2,1-2H3,(H,15,22)(H,16,18)/t10-,12?,13+/m0/s1. The van der Waals surface area contributed by atoms with E-state index >= 15 is 0 Å². The molecule has 0 spiro atoms. The Kier molecular flexibility index (Phi) is 7.26. The van der Waals surface area contributed by atoms with E-state index in [1.54, 1.807) is 0 Å². The molecule has 4 N–H and O–H groups in total. The lowest BCUT2D eigenvalue weighted by molar-refractivity contribution is -0.140. The van der Waals surface area contributed by atoms with Gasteiger partial charge in [-0.15, -0.1) is 0 Å². The fourth-order valence-corrected chi connectivity index (χ4v) is 2.36. The van der Waals surface area contributed by atoms with E-state index in [1.807, 2.05) is 6.92 Å². The Morgan fingerprint density at radius 1 is 1.18 bits per heavy atom. The number of carbonyl (C=O) groups is 3. The lowest BCUT2D eigenvalue weighted by Gasteiger charge is -2.25. The van der Waals surface area contributed by atoms with Gasteiger partial charge in [0.25, 0.3) is 0 Å². The molecule has 1 aliphatic heterocycles. The SMILES string of the molecule is CCCCCNC(=O)C1[C@H](O)[C@@H](O)CN1C(=O)CNC(C)=O. The van der Waals surface area contributed by atoms with Crippen molar-refractivity contribution in [2.24, 2.45) is 0 Å². The fraction of sp³-hybridized carbons (Fsp3) is 0.786. The number of hydrogen-bond donors (Lipinski definition) is 4. The number of likely N-dealkylation sites (tertiary alicyclic amines) is 1. The maximum Gasteiger partial charge on any atom is 0.245 e. The van der Waals surface area contributed by atoms with Gasteiger partial charge in [0, 0.05) is 13.5 Å². The normalized spacial score (nSPS) is 24.2. The zero-order valence-electron chi connectivity index (χ0n) is 13.0. The smallest absolute Gasteiger partial charge is 0.245 e. The minimum Gasteiger partial charge on any atom is -0.388 e. The van der Waals surface area contributed by atoms with E-state index < -0.39 is 30.1 Å². The minimum absolute atomic E-state index is 0.132. The molecule has 8 nitrogen and oxygen atoms in total. The number of aliphatic hydroxyl groups excluding tert-OH is 2. The molecule has 1 aliphatic rings. The van der Waals surface area contributed by atoms with Gasteiger partial charge < -0.3 is 25.7 Å². The lowest BCUT2D eigenvalue weighted by Crippen LogP contribution is -2.52. The number of carbonyl (C=O) groups excluding carboxylic acids is 3. The van der Waals surface area contributed by atoms with Gasteiger partial charge in [-0.05, 0) is 6.42 Å². The Labute approximate surface area is 129 Å². The van der Waals surface area contributed by atoms with Gasteiger partial charge in [0.1, 0.15) is 12.1 Å². The van der Waals surface area contributed by atoms with Crippen molar-refractivity contribution in [1.82, 2.24) is 15.5 Å². The average molecular weight is 315 g/mol. The van der Waals surface area contributed by atoms with Crippen molar-refractivity contribution in [3.63, 3.8) is 0 Å². The maximum atomic E-state index is 12.2. The predicted molar refractivity (Wildman–Crippen MR) is 78.7 cm³/mol. The molecular formula is C14H25N3O5. The third kappa shape index (κ3) is 4.96. The van der Waals surface area contributed by atoms with Crippen LogP contribution in [0.4, 0.5) is 0 Å². The van der Waals surface area contributed by atoms with E-state index in [9.17, 15) is 24.6 Å². The Morgan fingerprint density at radius 3 is 2.45 bits per heavy atom. The Balaban J connectivity index is 2.63.